The maximum Gasteiger partial charge on any atom is 0.223 e. The van der Waals surface area contributed by atoms with Gasteiger partial charge in [0.25, 0.3) is 0 Å². The summed E-state index contributed by atoms with van der Waals surface area (Å²) in [4.78, 5) is 9.06. The predicted octanol–water partition coefficient (Wildman–Crippen LogP) is 3.36. The van der Waals surface area contributed by atoms with Gasteiger partial charge in [-0.25, -0.2) is 9.97 Å². The third kappa shape index (κ3) is 2.66. The molecule has 1 aliphatic carbocycles. The number of hydrogen-bond donors (Lipinski definition) is 1. The Kier molecular flexibility index (Phi) is 3.67. The van der Waals surface area contributed by atoms with E-state index in [0.29, 0.717) is 6.04 Å². The van der Waals surface area contributed by atoms with E-state index < -0.39 is 0 Å². The predicted molar refractivity (Wildman–Crippen MR) is 77.5 cm³/mol. The van der Waals surface area contributed by atoms with Gasteiger partial charge in [0.2, 0.25) is 5.95 Å². The lowest BCUT2D eigenvalue weighted by Crippen LogP contribution is -2.17. The monoisotopic (exact) mass is 272 g/mol. The first-order valence-electron chi connectivity index (χ1n) is 7.32. The van der Waals surface area contributed by atoms with Gasteiger partial charge in [-0.05, 0) is 26.2 Å². The Morgan fingerprint density at radius 1 is 1.35 bits per heavy atom. The van der Waals surface area contributed by atoms with E-state index in [1.165, 1.54) is 25.7 Å². The highest BCUT2D eigenvalue weighted by molar-refractivity contribution is 5.60. The fraction of sp³-hybridized carbons (Fsp3) is 0.533. The molecule has 0 atom stereocenters. The number of aromatic nitrogens is 3. The van der Waals surface area contributed by atoms with Gasteiger partial charge in [-0.15, -0.1) is 0 Å². The Bertz CT molecular complexity index is 587. The smallest absolute Gasteiger partial charge is 0.223 e. The summed E-state index contributed by atoms with van der Waals surface area (Å²) in [7, 11) is 0. The van der Waals surface area contributed by atoms with Gasteiger partial charge in [-0.3, -0.25) is 0 Å². The summed E-state index contributed by atoms with van der Waals surface area (Å²) in [5.41, 5.74) is 2.80. The van der Waals surface area contributed by atoms with Crippen LogP contribution in [-0.2, 0) is 6.42 Å². The molecule has 0 saturated heterocycles. The minimum absolute atomic E-state index is 0.526. The molecule has 106 valence electrons. The fourth-order valence-electron chi connectivity index (χ4n) is 2.71. The first-order valence-corrected chi connectivity index (χ1v) is 7.32. The summed E-state index contributed by atoms with van der Waals surface area (Å²) in [6.45, 7) is 4.00. The Morgan fingerprint density at radius 3 is 2.80 bits per heavy atom. The van der Waals surface area contributed by atoms with Crippen LogP contribution in [0, 0.1) is 6.92 Å². The molecule has 0 unspecified atom stereocenters. The van der Waals surface area contributed by atoms with Crippen LogP contribution in [0.2, 0.25) is 0 Å². The molecule has 0 radical (unpaired) electrons. The molecule has 0 aromatic carbocycles. The SMILES string of the molecule is CCc1nc(NC2CCCC2)ncc1-c1cc(C)no1. The quantitative estimate of drug-likeness (QED) is 0.924. The van der Waals surface area contributed by atoms with E-state index in [4.69, 9.17) is 4.52 Å². The van der Waals surface area contributed by atoms with Crippen LogP contribution < -0.4 is 5.32 Å². The van der Waals surface area contributed by atoms with E-state index in [9.17, 15) is 0 Å². The standard InChI is InChI=1S/C15H20N4O/c1-3-13-12(14-8-10(2)19-20-14)9-16-15(18-13)17-11-6-4-5-7-11/h8-9,11H,3-7H2,1-2H3,(H,16,17,18). The second kappa shape index (κ2) is 5.61. The molecule has 0 bridgehead atoms. The summed E-state index contributed by atoms with van der Waals surface area (Å²) in [5.74, 6) is 1.47. The van der Waals surface area contributed by atoms with Crippen molar-refractivity contribution >= 4 is 5.95 Å². The average molecular weight is 272 g/mol. The van der Waals surface area contributed by atoms with Crippen molar-refractivity contribution in [1.29, 1.82) is 0 Å². The van der Waals surface area contributed by atoms with Crippen LogP contribution in [0.4, 0.5) is 5.95 Å². The number of rotatable bonds is 4. The van der Waals surface area contributed by atoms with E-state index in [1.54, 1.807) is 0 Å². The van der Waals surface area contributed by atoms with Gasteiger partial charge in [-0.2, -0.15) is 0 Å². The summed E-state index contributed by atoms with van der Waals surface area (Å²) in [5, 5.41) is 7.36. The van der Waals surface area contributed by atoms with Gasteiger partial charge >= 0.3 is 0 Å². The van der Waals surface area contributed by atoms with E-state index in [2.05, 4.69) is 27.4 Å². The number of hydrogen-bond acceptors (Lipinski definition) is 5. The van der Waals surface area contributed by atoms with Gasteiger partial charge in [-0.1, -0.05) is 24.9 Å². The minimum atomic E-state index is 0.526. The van der Waals surface area contributed by atoms with Crippen LogP contribution in [0.3, 0.4) is 0 Å². The Balaban J connectivity index is 1.85. The average Bonchev–Trinajstić information content (AvgIpc) is 3.10. The zero-order valence-corrected chi connectivity index (χ0v) is 12.0. The highest BCUT2D eigenvalue weighted by Gasteiger charge is 2.17. The molecule has 1 N–H and O–H groups in total. The maximum absolute atomic E-state index is 5.32. The molecular formula is C15H20N4O. The van der Waals surface area contributed by atoms with Gasteiger partial charge in [0.1, 0.15) is 0 Å². The van der Waals surface area contributed by atoms with E-state index >= 15 is 0 Å². The lowest BCUT2D eigenvalue weighted by Gasteiger charge is -2.13. The van der Waals surface area contributed by atoms with Crippen LogP contribution in [0.15, 0.2) is 16.8 Å². The van der Waals surface area contributed by atoms with E-state index in [-0.39, 0.29) is 0 Å². The fourth-order valence-corrected chi connectivity index (χ4v) is 2.71. The van der Waals surface area contributed by atoms with Crippen molar-refractivity contribution in [2.24, 2.45) is 0 Å². The van der Waals surface area contributed by atoms with Crippen LogP contribution in [0.5, 0.6) is 0 Å². The number of anilines is 1. The molecule has 5 nitrogen and oxygen atoms in total. The van der Waals surface area contributed by atoms with Crippen molar-refractivity contribution < 1.29 is 4.52 Å². The zero-order chi connectivity index (χ0) is 13.9. The number of nitrogens with one attached hydrogen (secondary N) is 1. The highest BCUT2D eigenvalue weighted by Crippen LogP contribution is 2.25. The molecule has 2 aromatic rings. The summed E-state index contributed by atoms with van der Waals surface area (Å²) < 4.78 is 5.32. The normalized spacial score (nSPS) is 15.7. The Hall–Kier alpha value is -1.91. The van der Waals surface area contributed by atoms with Crippen LogP contribution >= 0.6 is 0 Å². The largest absolute Gasteiger partial charge is 0.356 e. The van der Waals surface area contributed by atoms with Gasteiger partial charge in [0.15, 0.2) is 5.76 Å². The lowest BCUT2D eigenvalue weighted by atomic mass is 10.1. The van der Waals surface area contributed by atoms with Gasteiger partial charge < -0.3 is 9.84 Å². The Labute approximate surface area is 118 Å². The van der Waals surface area contributed by atoms with Crippen molar-refractivity contribution in [3.05, 3.63) is 23.7 Å². The third-order valence-corrected chi connectivity index (χ3v) is 3.78. The van der Waals surface area contributed by atoms with Crippen LogP contribution in [0.1, 0.15) is 44.0 Å². The highest BCUT2D eigenvalue weighted by atomic mass is 16.5. The van der Waals surface area contributed by atoms with Crippen molar-refractivity contribution in [3.8, 4) is 11.3 Å². The Morgan fingerprint density at radius 2 is 2.15 bits per heavy atom. The molecule has 20 heavy (non-hydrogen) atoms. The van der Waals surface area contributed by atoms with Crippen molar-refractivity contribution in [1.82, 2.24) is 15.1 Å². The molecule has 0 aliphatic heterocycles. The molecule has 0 spiro atoms. The molecule has 1 saturated carbocycles. The van der Waals surface area contributed by atoms with Crippen LogP contribution in [0.25, 0.3) is 11.3 Å². The van der Waals surface area contributed by atoms with Gasteiger partial charge in [0.05, 0.1) is 17.0 Å². The first kappa shape index (κ1) is 13.1. The van der Waals surface area contributed by atoms with Crippen molar-refractivity contribution in [3.63, 3.8) is 0 Å². The summed E-state index contributed by atoms with van der Waals surface area (Å²) in [6, 6.07) is 2.44. The third-order valence-electron chi connectivity index (χ3n) is 3.78. The topological polar surface area (TPSA) is 63.8 Å². The van der Waals surface area contributed by atoms with E-state index in [1.807, 2.05) is 19.2 Å². The summed E-state index contributed by atoms with van der Waals surface area (Å²) >= 11 is 0. The van der Waals surface area contributed by atoms with Gasteiger partial charge in [0, 0.05) is 18.3 Å². The van der Waals surface area contributed by atoms with E-state index in [0.717, 1.165) is 35.1 Å². The molecule has 5 heteroatoms. The summed E-state index contributed by atoms with van der Waals surface area (Å²) in [6.07, 6.45) is 7.71. The second-order valence-corrected chi connectivity index (χ2v) is 5.37. The zero-order valence-electron chi connectivity index (χ0n) is 12.0. The maximum atomic E-state index is 5.32. The lowest BCUT2D eigenvalue weighted by molar-refractivity contribution is 0.426. The number of nitrogens with zero attached hydrogens (tertiary/aromatic N) is 3. The second-order valence-electron chi connectivity index (χ2n) is 5.37. The van der Waals surface area contributed by atoms with Crippen molar-refractivity contribution in [2.45, 2.75) is 52.0 Å². The molecule has 2 aromatic heterocycles. The molecule has 1 fully saturated rings. The van der Waals surface area contributed by atoms with Crippen LogP contribution in [-0.4, -0.2) is 21.2 Å². The first-order chi connectivity index (χ1) is 9.76. The number of aryl methyl sites for hydroxylation is 2. The molecule has 2 heterocycles. The molecule has 3 rings (SSSR count). The minimum Gasteiger partial charge on any atom is -0.356 e. The molecule has 0 amide bonds. The molecular weight excluding hydrogens is 252 g/mol. The molecule has 1 aliphatic rings. The van der Waals surface area contributed by atoms with Crippen molar-refractivity contribution in [2.75, 3.05) is 5.32 Å².